The number of hydrogen-bond acceptors (Lipinski definition) is 4. The average molecular weight is 388 g/mol. The predicted molar refractivity (Wildman–Crippen MR) is 106 cm³/mol. The van der Waals surface area contributed by atoms with Gasteiger partial charge in [0.1, 0.15) is 0 Å². The molecule has 2 N–H and O–H groups in total. The summed E-state index contributed by atoms with van der Waals surface area (Å²) < 4.78 is 26.2. The lowest BCUT2D eigenvalue weighted by molar-refractivity contribution is 0.0950. The summed E-state index contributed by atoms with van der Waals surface area (Å²) in [5.41, 5.74) is 3.30. The van der Waals surface area contributed by atoms with Crippen molar-refractivity contribution in [1.29, 1.82) is 0 Å². The minimum atomic E-state index is -3.59. The zero-order valence-electron chi connectivity index (χ0n) is 15.7. The number of rotatable bonds is 6. The number of sulfonamides is 1. The smallest absolute Gasteiger partial charge is 0.251 e. The van der Waals surface area contributed by atoms with Crippen molar-refractivity contribution in [2.75, 3.05) is 25.0 Å². The van der Waals surface area contributed by atoms with Crippen molar-refractivity contribution >= 4 is 21.6 Å². The Morgan fingerprint density at radius 1 is 1.07 bits per heavy atom. The molecule has 1 aliphatic heterocycles. The van der Waals surface area contributed by atoms with E-state index in [0.29, 0.717) is 12.1 Å². The number of nitrogens with zero attached hydrogens (tertiary/aromatic N) is 1. The highest BCUT2D eigenvalue weighted by Crippen LogP contribution is 2.20. The molecular weight excluding hydrogens is 362 g/mol. The maximum Gasteiger partial charge on any atom is 0.251 e. The van der Waals surface area contributed by atoms with Crippen molar-refractivity contribution in [3.63, 3.8) is 0 Å². The van der Waals surface area contributed by atoms with Crippen LogP contribution in [0, 0.1) is 6.92 Å². The molecule has 2 aromatic rings. The van der Waals surface area contributed by atoms with Crippen molar-refractivity contribution < 1.29 is 13.2 Å². The summed E-state index contributed by atoms with van der Waals surface area (Å²) in [5, 5.41) is 2.87. The lowest BCUT2D eigenvalue weighted by atomic mass is 10.1. The SMILES string of the molecule is CNS(=O)(=O)c1ccc(C)c(C(=O)NCc2ccc(N3CCCC3)cc2)c1. The van der Waals surface area contributed by atoms with E-state index < -0.39 is 10.0 Å². The van der Waals surface area contributed by atoms with Gasteiger partial charge in [-0.2, -0.15) is 0 Å². The fourth-order valence-electron chi connectivity index (χ4n) is 3.21. The van der Waals surface area contributed by atoms with Crippen LogP contribution in [0.3, 0.4) is 0 Å². The van der Waals surface area contributed by atoms with E-state index in [1.54, 1.807) is 13.0 Å². The second kappa shape index (κ2) is 8.10. The molecule has 3 rings (SSSR count). The second-order valence-electron chi connectivity index (χ2n) is 6.73. The number of carbonyl (C=O) groups excluding carboxylic acids is 1. The molecule has 0 aromatic heterocycles. The highest BCUT2D eigenvalue weighted by molar-refractivity contribution is 7.89. The molecule has 2 aromatic carbocycles. The molecule has 6 nitrogen and oxygen atoms in total. The molecule has 144 valence electrons. The third-order valence-electron chi connectivity index (χ3n) is 4.89. The summed E-state index contributed by atoms with van der Waals surface area (Å²) in [6, 6.07) is 12.7. The molecule has 7 heteroatoms. The Bertz CT molecular complexity index is 918. The van der Waals surface area contributed by atoms with Crippen LogP contribution in [0.2, 0.25) is 0 Å². The Morgan fingerprint density at radius 3 is 2.37 bits per heavy atom. The fourth-order valence-corrected chi connectivity index (χ4v) is 3.96. The Balaban J connectivity index is 1.68. The number of benzene rings is 2. The monoisotopic (exact) mass is 387 g/mol. The zero-order chi connectivity index (χ0) is 19.4. The molecule has 1 saturated heterocycles. The van der Waals surface area contributed by atoms with Crippen LogP contribution in [-0.4, -0.2) is 34.5 Å². The van der Waals surface area contributed by atoms with Crippen molar-refractivity contribution in [3.05, 3.63) is 59.2 Å². The lowest BCUT2D eigenvalue weighted by Crippen LogP contribution is -2.25. The third-order valence-corrected chi connectivity index (χ3v) is 6.31. The van der Waals surface area contributed by atoms with Gasteiger partial charge in [0.2, 0.25) is 10.0 Å². The summed E-state index contributed by atoms with van der Waals surface area (Å²) in [6.07, 6.45) is 2.47. The minimum Gasteiger partial charge on any atom is -0.372 e. The van der Waals surface area contributed by atoms with E-state index in [9.17, 15) is 13.2 Å². The fraction of sp³-hybridized carbons (Fsp3) is 0.350. The van der Waals surface area contributed by atoms with Crippen LogP contribution in [0.15, 0.2) is 47.4 Å². The normalized spacial score (nSPS) is 14.4. The van der Waals surface area contributed by atoms with Gasteiger partial charge < -0.3 is 10.2 Å². The number of carbonyl (C=O) groups is 1. The quantitative estimate of drug-likeness (QED) is 0.798. The standard InChI is InChI=1S/C20H25N3O3S/c1-15-5-10-18(27(25,26)21-2)13-19(15)20(24)22-14-16-6-8-17(9-7-16)23-11-3-4-12-23/h5-10,13,21H,3-4,11-12,14H2,1-2H3,(H,22,24). The van der Waals surface area contributed by atoms with Crippen LogP contribution >= 0.6 is 0 Å². The van der Waals surface area contributed by atoms with Crippen LogP contribution in [0.4, 0.5) is 5.69 Å². The van der Waals surface area contributed by atoms with E-state index in [-0.39, 0.29) is 10.8 Å². The molecule has 0 aliphatic carbocycles. The molecule has 0 radical (unpaired) electrons. The number of anilines is 1. The largest absolute Gasteiger partial charge is 0.372 e. The Hall–Kier alpha value is -2.38. The molecule has 1 amide bonds. The zero-order valence-corrected chi connectivity index (χ0v) is 16.5. The van der Waals surface area contributed by atoms with E-state index in [4.69, 9.17) is 0 Å². The van der Waals surface area contributed by atoms with Gasteiger partial charge in [-0.15, -0.1) is 0 Å². The summed E-state index contributed by atoms with van der Waals surface area (Å²) in [7, 11) is -2.24. The molecule has 0 unspecified atom stereocenters. The summed E-state index contributed by atoms with van der Waals surface area (Å²) in [5.74, 6) is -0.288. The molecule has 0 saturated carbocycles. The average Bonchev–Trinajstić information content (AvgIpc) is 3.21. The predicted octanol–water partition coefficient (Wildman–Crippen LogP) is 2.43. The van der Waals surface area contributed by atoms with Gasteiger partial charge in [0.05, 0.1) is 4.90 Å². The molecule has 1 fully saturated rings. The number of aryl methyl sites for hydroxylation is 1. The molecule has 1 aliphatic rings. The van der Waals surface area contributed by atoms with E-state index in [1.807, 2.05) is 12.1 Å². The van der Waals surface area contributed by atoms with Crippen LogP contribution < -0.4 is 14.9 Å². The Kier molecular flexibility index (Phi) is 5.82. The van der Waals surface area contributed by atoms with Crippen molar-refractivity contribution in [3.8, 4) is 0 Å². The first-order chi connectivity index (χ1) is 12.9. The maximum absolute atomic E-state index is 12.5. The summed E-state index contributed by atoms with van der Waals surface area (Å²) in [4.78, 5) is 15.0. The highest BCUT2D eigenvalue weighted by Gasteiger charge is 2.16. The molecule has 0 atom stereocenters. The van der Waals surface area contributed by atoms with Gasteiger partial charge in [-0.25, -0.2) is 13.1 Å². The van der Waals surface area contributed by atoms with Crippen molar-refractivity contribution in [1.82, 2.24) is 10.0 Å². The first-order valence-corrected chi connectivity index (χ1v) is 10.6. The van der Waals surface area contributed by atoms with Gasteiger partial charge in [0.15, 0.2) is 0 Å². The van der Waals surface area contributed by atoms with E-state index >= 15 is 0 Å². The first-order valence-electron chi connectivity index (χ1n) is 9.07. The van der Waals surface area contributed by atoms with Gasteiger partial charge in [0.25, 0.3) is 5.91 Å². The van der Waals surface area contributed by atoms with Crippen LogP contribution in [0.1, 0.15) is 34.3 Å². The van der Waals surface area contributed by atoms with Crippen LogP contribution in [0.5, 0.6) is 0 Å². The lowest BCUT2D eigenvalue weighted by Gasteiger charge is -2.17. The van der Waals surface area contributed by atoms with Crippen molar-refractivity contribution in [2.45, 2.75) is 31.2 Å². The number of nitrogens with one attached hydrogen (secondary N) is 2. The summed E-state index contributed by atoms with van der Waals surface area (Å²) >= 11 is 0. The van der Waals surface area contributed by atoms with Gasteiger partial charge in [-0.05, 0) is 62.2 Å². The molecular formula is C20H25N3O3S. The van der Waals surface area contributed by atoms with Crippen molar-refractivity contribution in [2.24, 2.45) is 0 Å². The van der Waals surface area contributed by atoms with Gasteiger partial charge in [0, 0.05) is 30.9 Å². The second-order valence-corrected chi connectivity index (χ2v) is 8.61. The number of amides is 1. The minimum absolute atomic E-state index is 0.0794. The van der Waals surface area contributed by atoms with Crippen LogP contribution in [0.25, 0.3) is 0 Å². The van der Waals surface area contributed by atoms with Gasteiger partial charge in [-0.1, -0.05) is 18.2 Å². The van der Waals surface area contributed by atoms with E-state index in [0.717, 1.165) is 24.2 Å². The summed E-state index contributed by atoms with van der Waals surface area (Å²) in [6.45, 7) is 4.37. The van der Waals surface area contributed by atoms with Crippen LogP contribution in [-0.2, 0) is 16.6 Å². The topological polar surface area (TPSA) is 78.5 Å². The molecule has 27 heavy (non-hydrogen) atoms. The molecule has 0 bridgehead atoms. The van der Waals surface area contributed by atoms with Gasteiger partial charge >= 0.3 is 0 Å². The Morgan fingerprint density at radius 2 is 1.74 bits per heavy atom. The highest BCUT2D eigenvalue weighted by atomic mass is 32.2. The van der Waals surface area contributed by atoms with E-state index in [2.05, 4.69) is 27.1 Å². The van der Waals surface area contributed by atoms with E-state index in [1.165, 1.54) is 37.7 Å². The van der Waals surface area contributed by atoms with Gasteiger partial charge in [-0.3, -0.25) is 4.79 Å². The first kappa shape index (κ1) is 19.4. The Labute approximate surface area is 160 Å². The number of hydrogen-bond donors (Lipinski definition) is 2. The maximum atomic E-state index is 12.5. The third kappa shape index (κ3) is 4.48. The molecule has 1 heterocycles. The molecule has 0 spiro atoms.